The molecular weight excluding hydrogens is 376 g/mol. The summed E-state index contributed by atoms with van der Waals surface area (Å²) in [5.74, 6) is -2.87. The highest BCUT2D eigenvalue weighted by atomic mass is 19.2. The summed E-state index contributed by atoms with van der Waals surface area (Å²) in [6.45, 7) is 4.05. The minimum Gasteiger partial charge on any atom is -0.322 e. The maximum Gasteiger partial charge on any atom is 0.257 e. The maximum atomic E-state index is 13.3. The minimum atomic E-state index is -1.07. The number of hydrogen-bond donors (Lipinski definition) is 2. The van der Waals surface area contributed by atoms with Crippen molar-refractivity contribution in [3.63, 3.8) is 0 Å². The first-order valence-corrected chi connectivity index (χ1v) is 8.97. The monoisotopic (exact) mass is 395 g/mol. The number of nitrogens with one attached hydrogen (secondary N) is 2. The van der Waals surface area contributed by atoms with E-state index in [0.717, 1.165) is 17.7 Å². The van der Waals surface area contributed by atoms with Gasteiger partial charge in [-0.3, -0.25) is 14.6 Å². The normalized spacial score (nSPS) is 10.7. The Labute approximate surface area is 166 Å². The molecule has 0 radical (unpaired) electrons. The van der Waals surface area contributed by atoms with Crippen LogP contribution < -0.4 is 10.6 Å². The van der Waals surface area contributed by atoms with Gasteiger partial charge in [0.2, 0.25) is 0 Å². The van der Waals surface area contributed by atoms with E-state index in [1.165, 1.54) is 24.5 Å². The Morgan fingerprint density at radius 2 is 1.52 bits per heavy atom. The smallest absolute Gasteiger partial charge is 0.257 e. The second-order valence-electron chi connectivity index (χ2n) is 6.74. The predicted octanol–water partition coefficient (Wildman–Crippen LogP) is 4.99. The van der Waals surface area contributed by atoms with E-state index in [2.05, 4.69) is 15.6 Å². The van der Waals surface area contributed by atoms with Crippen molar-refractivity contribution in [1.82, 2.24) is 4.98 Å². The molecule has 2 amide bonds. The first kappa shape index (κ1) is 20.1. The van der Waals surface area contributed by atoms with Gasteiger partial charge in [-0.1, -0.05) is 32.0 Å². The van der Waals surface area contributed by atoms with E-state index in [1.54, 1.807) is 6.07 Å². The molecule has 2 N–H and O–H groups in total. The Kier molecular flexibility index (Phi) is 5.97. The number of carbonyl (C=O) groups is 2. The number of benzene rings is 2. The van der Waals surface area contributed by atoms with Crippen LogP contribution in [0.25, 0.3) is 0 Å². The fourth-order valence-electron chi connectivity index (χ4n) is 2.77. The van der Waals surface area contributed by atoms with Gasteiger partial charge in [-0.25, -0.2) is 8.78 Å². The standard InChI is InChI=1S/C22H19F2N3O2/c1-13(2)17-5-3-4-6-20(17)27-22(29)15-9-14(11-25-12-15)21(28)26-16-7-8-18(23)19(24)10-16/h3-13H,1-2H3,(H,26,28)(H,27,29). The van der Waals surface area contributed by atoms with E-state index in [9.17, 15) is 18.4 Å². The maximum absolute atomic E-state index is 13.3. The third-order valence-corrected chi connectivity index (χ3v) is 4.27. The molecule has 0 aliphatic heterocycles. The lowest BCUT2D eigenvalue weighted by Gasteiger charge is -2.13. The number of carbonyl (C=O) groups excluding carboxylic acids is 2. The molecule has 0 atom stereocenters. The summed E-state index contributed by atoms with van der Waals surface area (Å²) < 4.78 is 26.3. The van der Waals surface area contributed by atoms with Crippen molar-refractivity contribution in [3.8, 4) is 0 Å². The quantitative estimate of drug-likeness (QED) is 0.640. The van der Waals surface area contributed by atoms with Gasteiger partial charge >= 0.3 is 0 Å². The summed E-state index contributed by atoms with van der Waals surface area (Å²) in [5, 5.41) is 5.28. The lowest BCUT2D eigenvalue weighted by Crippen LogP contribution is -2.17. The molecule has 29 heavy (non-hydrogen) atoms. The second kappa shape index (κ2) is 8.60. The molecule has 0 unspecified atom stereocenters. The molecule has 5 nitrogen and oxygen atoms in total. The molecule has 1 heterocycles. The Balaban J connectivity index is 1.77. The van der Waals surface area contributed by atoms with Gasteiger partial charge in [-0.15, -0.1) is 0 Å². The highest BCUT2D eigenvalue weighted by Crippen LogP contribution is 2.24. The minimum absolute atomic E-state index is 0.0922. The summed E-state index contributed by atoms with van der Waals surface area (Å²) in [7, 11) is 0. The SMILES string of the molecule is CC(C)c1ccccc1NC(=O)c1cncc(C(=O)Nc2ccc(F)c(F)c2)c1. The topological polar surface area (TPSA) is 71.1 Å². The number of amides is 2. The number of hydrogen-bond acceptors (Lipinski definition) is 3. The van der Waals surface area contributed by atoms with Gasteiger partial charge in [0, 0.05) is 29.8 Å². The van der Waals surface area contributed by atoms with Crippen LogP contribution in [0, 0.1) is 11.6 Å². The Bertz CT molecular complexity index is 1070. The number of para-hydroxylation sites is 1. The molecule has 0 fully saturated rings. The number of anilines is 2. The van der Waals surface area contributed by atoms with Crippen LogP contribution in [0.1, 0.15) is 46.0 Å². The lowest BCUT2D eigenvalue weighted by atomic mass is 10.0. The lowest BCUT2D eigenvalue weighted by molar-refractivity contribution is 0.102. The fourth-order valence-corrected chi connectivity index (χ4v) is 2.77. The van der Waals surface area contributed by atoms with Crippen LogP contribution in [0.3, 0.4) is 0 Å². The number of pyridine rings is 1. The summed E-state index contributed by atoms with van der Waals surface area (Å²) in [4.78, 5) is 29.0. The van der Waals surface area contributed by atoms with E-state index >= 15 is 0 Å². The summed E-state index contributed by atoms with van der Waals surface area (Å²) in [6, 6.07) is 11.9. The molecule has 1 aromatic heterocycles. The Morgan fingerprint density at radius 3 is 2.17 bits per heavy atom. The van der Waals surface area contributed by atoms with Crippen LogP contribution in [-0.4, -0.2) is 16.8 Å². The molecule has 0 aliphatic rings. The van der Waals surface area contributed by atoms with Gasteiger partial charge in [0.1, 0.15) is 0 Å². The predicted molar refractivity (Wildman–Crippen MR) is 107 cm³/mol. The zero-order valence-corrected chi connectivity index (χ0v) is 15.9. The highest BCUT2D eigenvalue weighted by molar-refractivity contribution is 6.08. The fraction of sp³-hybridized carbons (Fsp3) is 0.136. The van der Waals surface area contributed by atoms with Crippen LogP contribution in [-0.2, 0) is 0 Å². The Morgan fingerprint density at radius 1 is 0.862 bits per heavy atom. The zero-order valence-electron chi connectivity index (χ0n) is 15.9. The van der Waals surface area contributed by atoms with E-state index in [4.69, 9.17) is 0 Å². The van der Waals surface area contributed by atoms with Gasteiger partial charge in [-0.2, -0.15) is 0 Å². The van der Waals surface area contributed by atoms with Gasteiger partial charge in [0.25, 0.3) is 11.8 Å². The van der Waals surface area contributed by atoms with Crippen molar-refractivity contribution in [1.29, 1.82) is 0 Å². The van der Waals surface area contributed by atoms with E-state index in [1.807, 2.05) is 32.0 Å². The average molecular weight is 395 g/mol. The van der Waals surface area contributed by atoms with Crippen LogP contribution in [0.5, 0.6) is 0 Å². The van der Waals surface area contributed by atoms with E-state index < -0.39 is 23.4 Å². The molecule has 0 spiro atoms. The third kappa shape index (κ3) is 4.82. The zero-order chi connectivity index (χ0) is 21.0. The van der Waals surface area contributed by atoms with Crippen LogP contribution >= 0.6 is 0 Å². The van der Waals surface area contributed by atoms with Gasteiger partial charge in [-0.05, 0) is 35.7 Å². The van der Waals surface area contributed by atoms with Crippen molar-refractivity contribution >= 4 is 23.2 Å². The van der Waals surface area contributed by atoms with Crippen molar-refractivity contribution in [2.24, 2.45) is 0 Å². The summed E-state index contributed by atoms with van der Waals surface area (Å²) in [5.41, 5.74) is 2.07. The number of halogens is 2. The molecule has 148 valence electrons. The van der Waals surface area contributed by atoms with Gasteiger partial charge in [0.05, 0.1) is 11.1 Å². The second-order valence-corrected chi connectivity index (χ2v) is 6.74. The highest BCUT2D eigenvalue weighted by Gasteiger charge is 2.14. The largest absolute Gasteiger partial charge is 0.322 e. The van der Waals surface area contributed by atoms with Crippen LogP contribution in [0.2, 0.25) is 0 Å². The van der Waals surface area contributed by atoms with E-state index in [0.29, 0.717) is 5.69 Å². The van der Waals surface area contributed by atoms with Gasteiger partial charge < -0.3 is 10.6 Å². The van der Waals surface area contributed by atoms with Crippen molar-refractivity contribution in [2.45, 2.75) is 19.8 Å². The number of rotatable bonds is 5. The van der Waals surface area contributed by atoms with Crippen LogP contribution in [0.4, 0.5) is 20.2 Å². The van der Waals surface area contributed by atoms with Crippen molar-refractivity contribution < 1.29 is 18.4 Å². The van der Waals surface area contributed by atoms with Crippen molar-refractivity contribution in [2.75, 3.05) is 10.6 Å². The summed E-state index contributed by atoms with van der Waals surface area (Å²) in [6.07, 6.45) is 2.63. The molecule has 0 saturated heterocycles. The third-order valence-electron chi connectivity index (χ3n) is 4.27. The molecule has 3 rings (SSSR count). The first-order chi connectivity index (χ1) is 13.8. The molecule has 7 heteroatoms. The molecular formula is C22H19F2N3O2. The molecule has 0 aliphatic carbocycles. The first-order valence-electron chi connectivity index (χ1n) is 8.97. The van der Waals surface area contributed by atoms with Crippen LogP contribution in [0.15, 0.2) is 60.9 Å². The number of aromatic nitrogens is 1. The molecule has 0 saturated carbocycles. The van der Waals surface area contributed by atoms with E-state index in [-0.39, 0.29) is 22.7 Å². The summed E-state index contributed by atoms with van der Waals surface area (Å²) >= 11 is 0. The molecule has 0 bridgehead atoms. The molecule has 2 aromatic carbocycles. The van der Waals surface area contributed by atoms with Crippen molar-refractivity contribution in [3.05, 3.63) is 89.2 Å². The average Bonchev–Trinajstić information content (AvgIpc) is 2.71. The Hall–Kier alpha value is -3.61. The number of nitrogens with zero attached hydrogens (tertiary/aromatic N) is 1. The van der Waals surface area contributed by atoms with Gasteiger partial charge in [0.15, 0.2) is 11.6 Å². The molecule has 3 aromatic rings.